The number of unbranched alkanes of at least 4 members (excludes halogenated alkanes) is 2. The Morgan fingerprint density at radius 2 is 1.62 bits per heavy atom. The van der Waals surface area contributed by atoms with Gasteiger partial charge in [-0.2, -0.15) is 0 Å². The van der Waals surface area contributed by atoms with Crippen LogP contribution in [-0.4, -0.2) is 149 Å². The van der Waals surface area contributed by atoms with Crippen LogP contribution in [0.2, 0.25) is 0 Å². The minimum atomic E-state index is -1.05. The van der Waals surface area contributed by atoms with E-state index >= 15 is 0 Å². The highest BCUT2D eigenvalue weighted by Crippen LogP contribution is 2.43. The number of ketones is 1. The number of amides is 6. The molecule has 0 spiro atoms. The molecule has 1 aromatic carbocycles. The van der Waals surface area contributed by atoms with E-state index in [0.29, 0.717) is 51.6 Å². The topological polar surface area (TPSA) is 200 Å². The van der Waals surface area contributed by atoms with Crippen molar-refractivity contribution in [2.45, 2.75) is 174 Å². The standard InChI is InChI=1S/C52H79N5O11/c1-10-32(4)46(41(67-8)30-44(61)55-25-17-20-39(55)48(68-9)34(6)40(58)29-37(52(65)66)27-35-18-13-11-14-19-35)54(7)51(64)45(31(2)3)53-49(62)47-36-22-23-38(28-36)57(47)42(59)21-15-12-16-24-56-43(60)26-33(5)50(56)63/h11,13-14,18-19,31-34,36-39,41,45-48H,10,12,15-17,20-30H2,1-9H3,(H,53,62)(H,65,66)/t32-,33?,34-,36-,37+,38-,39-,41+,45-,46-,47-,48+/m0/s1. The van der Waals surface area contributed by atoms with E-state index in [1.165, 1.54) is 19.1 Å². The first-order valence-electron chi connectivity index (χ1n) is 25.2. The molecule has 2 N–H and O–H groups in total. The van der Waals surface area contributed by atoms with Crippen molar-refractivity contribution >= 4 is 47.2 Å². The second kappa shape index (κ2) is 24.7. The van der Waals surface area contributed by atoms with Gasteiger partial charge >= 0.3 is 5.97 Å². The zero-order chi connectivity index (χ0) is 50.0. The Morgan fingerprint density at radius 3 is 2.22 bits per heavy atom. The number of rotatable bonds is 26. The number of ether oxygens (including phenoxy) is 2. The number of nitrogens with zero attached hydrogens (tertiary/aromatic N) is 4. The van der Waals surface area contributed by atoms with E-state index < -0.39 is 54.2 Å². The van der Waals surface area contributed by atoms with Crippen LogP contribution in [0.15, 0.2) is 30.3 Å². The van der Waals surface area contributed by atoms with Gasteiger partial charge in [-0.05, 0) is 74.7 Å². The van der Waals surface area contributed by atoms with Crippen LogP contribution < -0.4 is 5.32 Å². The molecule has 16 nitrogen and oxygen atoms in total. The molecular formula is C52H79N5O11. The normalized spacial score (nSPS) is 24.4. The number of carbonyl (C=O) groups is 8. The Kier molecular flexibility index (Phi) is 19.7. The third-order valence-corrected chi connectivity index (χ3v) is 15.6. The van der Waals surface area contributed by atoms with E-state index in [1.807, 2.05) is 58.0 Å². The van der Waals surface area contributed by atoms with Gasteiger partial charge in [-0.3, -0.25) is 43.3 Å². The quantitative estimate of drug-likeness (QED) is 0.0904. The Labute approximate surface area is 403 Å². The monoisotopic (exact) mass is 950 g/mol. The van der Waals surface area contributed by atoms with Gasteiger partial charge in [0.05, 0.1) is 36.6 Å². The van der Waals surface area contributed by atoms with E-state index in [0.717, 1.165) is 24.8 Å². The summed E-state index contributed by atoms with van der Waals surface area (Å²) in [7, 11) is 4.73. The summed E-state index contributed by atoms with van der Waals surface area (Å²) in [5.74, 6) is -4.85. The number of hydrogen-bond donors (Lipinski definition) is 2. The molecule has 4 fully saturated rings. The largest absolute Gasteiger partial charge is 0.481 e. The van der Waals surface area contributed by atoms with Crippen LogP contribution in [0, 0.1) is 35.5 Å². The molecular weight excluding hydrogens is 871 g/mol. The molecule has 3 saturated heterocycles. The van der Waals surface area contributed by atoms with Gasteiger partial charge in [-0.15, -0.1) is 0 Å². The molecule has 6 amide bonds. The number of carboxylic acid groups (broad SMARTS) is 1. The Hall–Kier alpha value is -4.70. The Balaban J connectivity index is 1.22. The highest BCUT2D eigenvalue weighted by molar-refractivity contribution is 6.03. The fourth-order valence-electron chi connectivity index (χ4n) is 11.5. The van der Waals surface area contributed by atoms with Crippen LogP contribution in [0.3, 0.4) is 0 Å². The van der Waals surface area contributed by atoms with Gasteiger partial charge in [-0.25, -0.2) is 0 Å². The molecule has 4 aliphatic rings. The third-order valence-electron chi connectivity index (χ3n) is 15.6. The number of methoxy groups -OCH3 is 2. The first-order chi connectivity index (χ1) is 32.3. The van der Waals surface area contributed by atoms with Crippen molar-refractivity contribution in [2.75, 3.05) is 34.4 Å². The zero-order valence-corrected chi connectivity index (χ0v) is 42.0. The maximum absolute atomic E-state index is 14.7. The average Bonchev–Trinajstić information content (AvgIpc) is 4.12. The zero-order valence-electron chi connectivity index (χ0n) is 42.0. The van der Waals surface area contributed by atoms with Gasteiger partial charge in [0.2, 0.25) is 35.4 Å². The fourth-order valence-corrected chi connectivity index (χ4v) is 11.5. The lowest BCUT2D eigenvalue weighted by molar-refractivity contribution is -0.149. The number of benzene rings is 1. The Bertz CT molecular complexity index is 1950. The Morgan fingerprint density at radius 1 is 0.912 bits per heavy atom. The van der Waals surface area contributed by atoms with E-state index in [9.17, 15) is 43.5 Å². The first kappa shape index (κ1) is 54.2. The number of nitrogens with one attached hydrogen (secondary N) is 1. The maximum atomic E-state index is 14.7. The molecule has 3 aliphatic heterocycles. The lowest BCUT2D eigenvalue weighted by atomic mass is 9.85. The van der Waals surface area contributed by atoms with Crippen molar-refractivity contribution in [1.29, 1.82) is 0 Å². The summed E-state index contributed by atoms with van der Waals surface area (Å²) in [5, 5.41) is 13.1. The van der Waals surface area contributed by atoms with E-state index in [2.05, 4.69) is 5.32 Å². The maximum Gasteiger partial charge on any atom is 0.307 e. The number of imide groups is 1. The van der Waals surface area contributed by atoms with E-state index in [4.69, 9.17) is 9.47 Å². The highest BCUT2D eigenvalue weighted by Gasteiger charge is 2.52. The molecule has 2 bridgehead atoms. The second-order valence-corrected chi connectivity index (χ2v) is 20.5. The van der Waals surface area contributed by atoms with E-state index in [1.54, 1.807) is 35.6 Å². The summed E-state index contributed by atoms with van der Waals surface area (Å²) in [6, 6.07) is 6.59. The van der Waals surface area contributed by atoms with Crippen molar-refractivity contribution in [2.24, 2.45) is 35.5 Å². The molecule has 3 heterocycles. The van der Waals surface area contributed by atoms with Gasteiger partial charge < -0.3 is 34.6 Å². The molecule has 0 aromatic heterocycles. The summed E-state index contributed by atoms with van der Waals surface area (Å²) in [5.41, 5.74) is 0.830. The fraction of sp³-hybridized carbons (Fsp3) is 0.731. The van der Waals surface area contributed by atoms with Crippen molar-refractivity contribution in [3.8, 4) is 0 Å². The molecule has 378 valence electrons. The number of piperidine rings is 1. The SMILES string of the molecule is CC[C@H](C)[C@@H]([C@@H](CC(=O)N1CCC[C@H]1[C@H](OC)[C@@H](C)C(=O)C[C@@H](Cc1ccccc1)C(=O)O)OC)N(C)C(=O)[C@@H](NC(=O)[C@@H]1[C@H]2CC[C@@H](C2)N1C(=O)CCCCCN1C(=O)CC(C)C1=O)C(C)C. The first-order valence-corrected chi connectivity index (χ1v) is 25.2. The lowest BCUT2D eigenvalue weighted by Crippen LogP contribution is -2.60. The van der Waals surface area contributed by atoms with Crippen molar-refractivity contribution in [1.82, 2.24) is 24.9 Å². The number of aliphatic carboxylic acids is 1. The lowest BCUT2D eigenvalue weighted by Gasteiger charge is -2.41. The van der Waals surface area contributed by atoms with E-state index in [-0.39, 0.29) is 103 Å². The molecule has 1 aromatic rings. The number of likely N-dealkylation sites (tertiary alicyclic amines) is 3. The van der Waals surface area contributed by atoms with Gasteiger partial charge in [0, 0.05) is 71.5 Å². The van der Waals surface area contributed by atoms with Crippen LogP contribution in [0.4, 0.5) is 0 Å². The van der Waals surface area contributed by atoms with Crippen LogP contribution in [0.1, 0.15) is 131 Å². The summed E-state index contributed by atoms with van der Waals surface area (Å²) >= 11 is 0. The van der Waals surface area contributed by atoms with Crippen LogP contribution >= 0.6 is 0 Å². The van der Waals surface area contributed by atoms with Crippen molar-refractivity contribution in [3.05, 3.63) is 35.9 Å². The summed E-state index contributed by atoms with van der Waals surface area (Å²) < 4.78 is 12.0. The molecule has 12 atom stereocenters. The van der Waals surface area contributed by atoms with Crippen LogP contribution in [-0.2, 0) is 54.3 Å². The number of fused-ring (bicyclic) bond motifs is 2. The molecule has 16 heteroatoms. The predicted molar refractivity (Wildman–Crippen MR) is 255 cm³/mol. The van der Waals surface area contributed by atoms with Crippen molar-refractivity contribution in [3.63, 3.8) is 0 Å². The third kappa shape index (κ3) is 12.7. The molecule has 0 radical (unpaired) electrons. The summed E-state index contributed by atoms with van der Waals surface area (Å²) in [6.07, 6.45) is 5.30. The second-order valence-electron chi connectivity index (χ2n) is 20.5. The minimum Gasteiger partial charge on any atom is -0.481 e. The number of carbonyl (C=O) groups excluding carboxylic acids is 7. The average molecular weight is 950 g/mol. The number of carboxylic acids is 1. The van der Waals surface area contributed by atoms with Gasteiger partial charge in [0.1, 0.15) is 17.9 Å². The predicted octanol–water partition coefficient (Wildman–Crippen LogP) is 5.29. The van der Waals surface area contributed by atoms with Crippen LogP contribution in [0.5, 0.6) is 0 Å². The molecule has 5 rings (SSSR count). The number of likely N-dealkylation sites (N-methyl/N-ethyl adjacent to an activating group) is 1. The smallest absolute Gasteiger partial charge is 0.307 e. The summed E-state index contributed by atoms with van der Waals surface area (Å²) in [6.45, 7) is 12.1. The van der Waals surface area contributed by atoms with Gasteiger partial charge in [0.25, 0.3) is 0 Å². The van der Waals surface area contributed by atoms with Crippen molar-refractivity contribution < 1.29 is 52.9 Å². The summed E-state index contributed by atoms with van der Waals surface area (Å²) in [4.78, 5) is 114. The number of hydrogen-bond acceptors (Lipinski definition) is 10. The minimum absolute atomic E-state index is 0.00922. The molecule has 68 heavy (non-hydrogen) atoms. The molecule has 1 unspecified atom stereocenters. The highest BCUT2D eigenvalue weighted by atomic mass is 16.5. The van der Waals surface area contributed by atoms with Crippen LogP contribution in [0.25, 0.3) is 0 Å². The van der Waals surface area contributed by atoms with Gasteiger partial charge in [-0.1, -0.05) is 84.7 Å². The molecule has 1 saturated carbocycles. The molecule has 1 aliphatic carbocycles. The van der Waals surface area contributed by atoms with Gasteiger partial charge in [0.15, 0.2) is 0 Å². The number of Topliss-reactive ketones (excluding diaryl/α,β-unsaturated/α-hetero) is 1.